The van der Waals surface area contributed by atoms with Crippen LogP contribution in [0.15, 0.2) is 42.4 Å². The van der Waals surface area contributed by atoms with Crippen LogP contribution in [0.5, 0.6) is 11.5 Å². The highest BCUT2D eigenvalue weighted by atomic mass is 16.5. The fourth-order valence-electron chi connectivity index (χ4n) is 5.23. The number of hydrogen-bond acceptors (Lipinski definition) is 4. The van der Waals surface area contributed by atoms with Crippen molar-refractivity contribution in [2.24, 2.45) is 10.9 Å². The Balaban J connectivity index is 0.00000181. The maximum absolute atomic E-state index is 6.09. The number of nitrogens with one attached hydrogen (secondary N) is 1. The molecule has 1 fully saturated rings. The van der Waals surface area contributed by atoms with Crippen molar-refractivity contribution < 1.29 is 9.47 Å². The number of aliphatic imine (C=N–C) groups is 1. The van der Waals surface area contributed by atoms with Gasteiger partial charge in [0, 0.05) is 53.6 Å². The molecule has 5 heteroatoms. The molecule has 0 bridgehead atoms. The maximum Gasteiger partial charge on any atom is 0.146 e. The number of aromatic nitrogens is 1. The summed E-state index contributed by atoms with van der Waals surface area (Å²) in [7, 11) is 1.86. The van der Waals surface area contributed by atoms with Gasteiger partial charge >= 0.3 is 0 Å². The van der Waals surface area contributed by atoms with Gasteiger partial charge in [-0.25, -0.2) is 0 Å². The van der Waals surface area contributed by atoms with E-state index in [1.165, 1.54) is 43.4 Å². The minimum atomic E-state index is 0.459. The van der Waals surface area contributed by atoms with Crippen molar-refractivity contribution in [1.29, 1.82) is 0 Å². The number of nitrogens with zero attached hydrogens (tertiary/aromatic N) is 2. The van der Waals surface area contributed by atoms with Crippen molar-refractivity contribution in [2.45, 2.75) is 93.9 Å². The van der Waals surface area contributed by atoms with Gasteiger partial charge in [0.25, 0.3) is 0 Å². The first-order valence-corrected chi connectivity index (χ1v) is 15.1. The van der Waals surface area contributed by atoms with Crippen LogP contribution in [-0.2, 0) is 6.42 Å². The highest BCUT2D eigenvalue weighted by Crippen LogP contribution is 2.37. The molecule has 0 unspecified atom stereocenters. The van der Waals surface area contributed by atoms with E-state index in [0.717, 1.165) is 58.7 Å². The summed E-state index contributed by atoms with van der Waals surface area (Å²) in [4.78, 5) is 4.58. The lowest BCUT2D eigenvalue weighted by Crippen LogP contribution is -2.24. The van der Waals surface area contributed by atoms with Crippen LogP contribution in [0.3, 0.4) is 0 Å². The Morgan fingerprint density at radius 2 is 1.74 bits per heavy atom. The third-order valence-electron chi connectivity index (χ3n) is 7.01. The van der Waals surface area contributed by atoms with Gasteiger partial charge in [0.1, 0.15) is 18.1 Å². The summed E-state index contributed by atoms with van der Waals surface area (Å²) in [5.74, 6) is 2.29. The van der Waals surface area contributed by atoms with Crippen LogP contribution in [0.25, 0.3) is 11.4 Å². The van der Waals surface area contributed by atoms with Gasteiger partial charge in [0.15, 0.2) is 0 Å². The number of rotatable bonds is 12. The zero-order valence-electron chi connectivity index (χ0n) is 26.4. The zero-order valence-corrected chi connectivity index (χ0v) is 26.4. The van der Waals surface area contributed by atoms with Crippen molar-refractivity contribution in [3.8, 4) is 17.2 Å². The van der Waals surface area contributed by atoms with Gasteiger partial charge in [-0.1, -0.05) is 73.1 Å². The van der Waals surface area contributed by atoms with E-state index in [0.29, 0.717) is 13.2 Å². The van der Waals surface area contributed by atoms with Crippen molar-refractivity contribution in [3.63, 3.8) is 0 Å². The van der Waals surface area contributed by atoms with Crippen LogP contribution in [-0.4, -0.2) is 37.1 Å². The van der Waals surface area contributed by atoms with Crippen LogP contribution in [0.1, 0.15) is 103 Å². The van der Waals surface area contributed by atoms with Gasteiger partial charge in [-0.15, -0.1) is 0 Å². The van der Waals surface area contributed by atoms with Crippen LogP contribution < -0.4 is 14.8 Å². The monoisotopic (exact) mass is 537 g/mol. The highest BCUT2D eigenvalue weighted by Gasteiger charge is 2.26. The third kappa shape index (κ3) is 8.78. The van der Waals surface area contributed by atoms with Crippen LogP contribution in [0.2, 0.25) is 0 Å². The molecule has 1 aliphatic rings. The van der Waals surface area contributed by atoms with E-state index in [1.807, 2.05) is 53.8 Å². The molecule has 1 aromatic heterocycles. The molecule has 0 aliphatic heterocycles. The largest absolute Gasteiger partial charge is 0.492 e. The van der Waals surface area contributed by atoms with E-state index in [4.69, 9.17) is 9.47 Å². The topological polar surface area (TPSA) is 47.8 Å². The summed E-state index contributed by atoms with van der Waals surface area (Å²) in [6.45, 7) is 26.7. The Bertz CT molecular complexity index is 1060. The summed E-state index contributed by atoms with van der Waals surface area (Å²) in [5, 5.41) is 3.70. The molecule has 0 atom stereocenters. The molecule has 1 heterocycles. The molecule has 1 N–H and O–H groups in total. The summed E-state index contributed by atoms with van der Waals surface area (Å²) >= 11 is 0. The predicted octanol–water partition coefficient (Wildman–Crippen LogP) is 8.94. The zero-order chi connectivity index (χ0) is 29.4. The van der Waals surface area contributed by atoms with Crippen molar-refractivity contribution in [3.05, 3.63) is 59.9 Å². The lowest BCUT2D eigenvalue weighted by atomic mass is 9.89. The van der Waals surface area contributed by atoms with Crippen LogP contribution >= 0.6 is 0 Å². The second-order valence-corrected chi connectivity index (χ2v) is 9.31. The molecule has 0 amide bonds. The molecule has 0 spiro atoms. The minimum Gasteiger partial charge on any atom is -0.492 e. The maximum atomic E-state index is 6.09. The smallest absolute Gasteiger partial charge is 0.146 e. The van der Waals surface area contributed by atoms with Crippen molar-refractivity contribution >= 4 is 11.4 Å². The molecule has 39 heavy (non-hydrogen) atoms. The average Bonchev–Trinajstić information content (AvgIpc) is 3.29. The quantitative estimate of drug-likeness (QED) is 0.217. The summed E-state index contributed by atoms with van der Waals surface area (Å²) in [6, 6.07) is 6.05. The average molecular weight is 538 g/mol. The lowest BCUT2D eigenvalue weighted by Gasteiger charge is -2.23. The molecular weight excluding hydrogens is 482 g/mol. The van der Waals surface area contributed by atoms with Gasteiger partial charge in [-0.2, -0.15) is 0 Å². The molecule has 5 nitrogen and oxygen atoms in total. The highest BCUT2D eigenvalue weighted by molar-refractivity contribution is 6.04. The minimum absolute atomic E-state index is 0.459. The Kier molecular flexibility index (Phi) is 16.0. The SMILES string of the molecule is C=CCOc1ccc(-n2c(C)c(C(C)=NC)c(C(=C)NCC3CCCCC3)c2CC)c(OCC)c1.CC.CC. The first-order valence-electron chi connectivity index (χ1n) is 15.1. The molecule has 0 radical (unpaired) electrons. The number of ether oxygens (including phenoxy) is 2. The van der Waals surface area contributed by atoms with E-state index < -0.39 is 0 Å². The van der Waals surface area contributed by atoms with Gasteiger partial charge < -0.3 is 19.4 Å². The second-order valence-electron chi connectivity index (χ2n) is 9.31. The van der Waals surface area contributed by atoms with Gasteiger partial charge in [0.2, 0.25) is 0 Å². The predicted molar refractivity (Wildman–Crippen MR) is 171 cm³/mol. The fraction of sp³-hybridized carbons (Fsp3) is 0.559. The Morgan fingerprint density at radius 3 is 2.31 bits per heavy atom. The molecule has 0 saturated heterocycles. The molecule has 1 aromatic carbocycles. The van der Waals surface area contributed by atoms with Gasteiger partial charge in [-0.3, -0.25) is 4.99 Å². The summed E-state index contributed by atoms with van der Waals surface area (Å²) < 4.78 is 14.2. The van der Waals surface area contributed by atoms with Gasteiger partial charge in [-0.05, 0) is 58.1 Å². The molecule has 1 aliphatic carbocycles. The van der Waals surface area contributed by atoms with Crippen LogP contribution in [0.4, 0.5) is 0 Å². The molecular formula is C34H55N3O2. The molecule has 2 aromatic rings. The summed E-state index contributed by atoms with van der Waals surface area (Å²) in [6.07, 6.45) is 9.27. The number of benzene rings is 1. The fourth-order valence-corrected chi connectivity index (χ4v) is 5.23. The van der Waals surface area contributed by atoms with Crippen molar-refractivity contribution in [1.82, 2.24) is 9.88 Å². The standard InChI is InChI=1S/C30H43N3O2.2C2H6/c1-8-18-35-25-16-17-27(28(19-25)34-10-3)33-23(6)29(21(4)31-7)30(26(33)9-2)22(5)32-20-24-14-12-11-13-15-24;2*1-2/h8,16-17,19,24,32H,1,5,9-15,18,20H2,2-4,6-7H3;2*1-2H3. The molecule has 3 rings (SSSR count). The molecule has 1 saturated carbocycles. The lowest BCUT2D eigenvalue weighted by molar-refractivity contribution is 0.329. The van der Waals surface area contributed by atoms with E-state index in [-0.39, 0.29) is 0 Å². The van der Waals surface area contributed by atoms with Gasteiger partial charge in [0.05, 0.1) is 12.3 Å². The Morgan fingerprint density at radius 1 is 1.08 bits per heavy atom. The van der Waals surface area contributed by atoms with E-state index in [1.54, 1.807) is 6.08 Å². The Hall–Kier alpha value is -2.95. The normalized spacial score (nSPS) is 13.4. The summed E-state index contributed by atoms with van der Waals surface area (Å²) in [5.41, 5.74) is 7.66. The Labute approximate surface area is 239 Å². The number of hydrogen-bond donors (Lipinski definition) is 1. The molecule has 218 valence electrons. The second kappa shape index (κ2) is 18.4. The van der Waals surface area contributed by atoms with E-state index in [2.05, 4.69) is 54.9 Å². The van der Waals surface area contributed by atoms with Crippen LogP contribution in [0, 0.1) is 12.8 Å². The first-order chi connectivity index (χ1) is 19.0. The third-order valence-corrected chi connectivity index (χ3v) is 7.01. The first kappa shape index (κ1) is 34.1. The van der Waals surface area contributed by atoms with E-state index >= 15 is 0 Å². The van der Waals surface area contributed by atoms with Crippen molar-refractivity contribution in [2.75, 3.05) is 26.8 Å². The van der Waals surface area contributed by atoms with E-state index in [9.17, 15) is 0 Å².